The molecule has 9 heteroatoms. The molecule has 0 amide bonds. The molecular weight excluding hydrogens is 525 g/mol. The highest BCUT2D eigenvalue weighted by Crippen LogP contribution is 2.44. The second kappa shape index (κ2) is 10.3. The van der Waals surface area contributed by atoms with E-state index in [0.29, 0.717) is 15.4 Å². The number of hydrogen-bond acceptors (Lipinski definition) is 4. The lowest BCUT2D eigenvalue weighted by Crippen LogP contribution is -2.45. The van der Waals surface area contributed by atoms with Gasteiger partial charge < -0.3 is 10.4 Å². The number of hydrogen-bond donors (Lipinski definition) is 2. The van der Waals surface area contributed by atoms with Crippen LogP contribution in [0.4, 0.5) is 0 Å². The average Bonchev–Trinajstić information content (AvgIpc) is 2.45. The number of aromatic hydroxyl groups is 1. The monoisotopic (exact) mass is 537 g/mol. The molecule has 1 aromatic carbocycles. The van der Waals surface area contributed by atoms with Crippen LogP contribution >= 0.6 is 72.6 Å². The standard InChI is InChI=1S/C13H14Br3N3O.2ClH/c14-8-7-9(15)13(20)12(16)11(8)10(1-2-17)19-5-3-18-4-6-19;;/h7,10,18,20H,1,3-6H2;2*1H/t10-;;/m1../s1. The lowest BCUT2D eigenvalue weighted by Gasteiger charge is -2.35. The van der Waals surface area contributed by atoms with Crippen LogP contribution in [0.25, 0.3) is 0 Å². The largest absolute Gasteiger partial charge is 0.506 e. The van der Waals surface area contributed by atoms with Gasteiger partial charge in [0.2, 0.25) is 0 Å². The fourth-order valence-corrected chi connectivity index (χ4v) is 5.04. The maximum atomic E-state index is 10.1. The SMILES string of the molecule is Cl.Cl.N#CC[C@H](c1c(Br)cc(Br)c(O)c1Br)N1CCNCC1. The number of piperazine rings is 1. The maximum Gasteiger partial charge on any atom is 0.144 e. The van der Waals surface area contributed by atoms with E-state index in [2.05, 4.69) is 64.1 Å². The van der Waals surface area contributed by atoms with Crippen molar-refractivity contribution in [2.45, 2.75) is 12.5 Å². The van der Waals surface area contributed by atoms with Gasteiger partial charge in [0.05, 0.1) is 27.5 Å². The number of nitrogens with zero attached hydrogens (tertiary/aromatic N) is 2. The smallest absolute Gasteiger partial charge is 0.144 e. The average molecular weight is 541 g/mol. The topological polar surface area (TPSA) is 59.3 Å². The molecule has 1 aliphatic heterocycles. The molecule has 0 aromatic heterocycles. The van der Waals surface area contributed by atoms with Crippen LogP contribution in [0.5, 0.6) is 5.75 Å². The van der Waals surface area contributed by atoms with Crippen molar-refractivity contribution >= 4 is 72.6 Å². The van der Waals surface area contributed by atoms with Crippen molar-refractivity contribution in [1.82, 2.24) is 10.2 Å². The number of halogens is 5. The van der Waals surface area contributed by atoms with Gasteiger partial charge in [0.15, 0.2) is 0 Å². The first kappa shape index (κ1) is 22.4. The molecule has 2 rings (SSSR count). The Morgan fingerprint density at radius 3 is 2.36 bits per heavy atom. The summed E-state index contributed by atoms with van der Waals surface area (Å²) in [6, 6.07) is 4.04. The molecule has 0 unspecified atom stereocenters. The van der Waals surface area contributed by atoms with Gasteiger partial charge >= 0.3 is 0 Å². The minimum atomic E-state index is -0.0372. The molecule has 1 fully saturated rings. The van der Waals surface area contributed by atoms with Crippen LogP contribution in [-0.2, 0) is 0 Å². The Kier molecular flexibility index (Phi) is 10.6. The summed E-state index contributed by atoms with van der Waals surface area (Å²) in [7, 11) is 0. The third-order valence-corrected chi connectivity index (χ3v) is 5.45. The van der Waals surface area contributed by atoms with Gasteiger partial charge in [0, 0.05) is 36.2 Å². The van der Waals surface area contributed by atoms with Crippen LogP contribution in [0.2, 0.25) is 0 Å². The molecule has 22 heavy (non-hydrogen) atoms. The summed E-state index contributed by atoms with van der Waals surface area (Å²) < 4.78 is 2.14. The molecule has 4 nitrogen and oxygen atoms in total. The van der Waals surface area contributed by atoms with Crippen LogP contribution in [-0.4, -0.2) is 36.2 Å². The number of nitriles is 1. The summed E-state index contributed by atoms with van der Waals surface area (Å²) in [5.74, 6) is 0.168. The summed E-state index contributed by atoms with van der Waals surface area (Å²) in [5.41, 5.74) is 0.925. The Morgan fingerprint density at radius 1 is 1.23 bits per heavy atom. The van der Waals surface area contributed by atoms with E-state index in [1.807, 2.05) is 6.07 Å². The molecule has 1 heterocycles. The third-order valence-electron chi connectivity index (χ3n) is 3.39. The molecule has 1 atom stereocenters. The van der Waals surface area contributed by atoms with Crippen molar-refractivity contribution in [2.24, 2.45) is 0 Å². The summed E-state index contributed by atoms with van der Waals surface area (Å²) in [4.78, 5) is 2.28. The molecule has 0 aliphatic carbocycles. The van der Waals surface area contributed by atoms with Crippen LogP contribution in [0.15, 0.2) is 19.5 Å². The molecular formula is C13H16Br3Cl2N3O. The zero-order chi connectivity index (χ0) is 14.7. The van der Waals surface area contributed by atoms with Gasteiger partial charge in [-0.05, 0) is 37.9 Å². The molecule has 124 valence electrons. The highest BCUT2D eigenvalue weighted by atomic mass is 79.9. The summed E-state index contributed by atoms with van der Waals surface area (Å²) in [5, 5.41) is 22.5. The first-order valence-corrected chi connectivity index (χ1v) is 8.62. The normalized spacial score (nSPS) is 16.1. The summed E-state index contributed by atoms with van der Waals surface area (Å²) in [6.45, 7) is 3.61. The molecule has 1 aromatic rings. The maximum absolute atomic E-state index is 10.1. The highest BCUT2D eigenvalue weighted by molar-refractivity contribution is 9.11. The number of benzene rings is 1. The van der Waals surface area contributed by atoms with Crippen molar-refractivity contribution in [2.75, 3.05) is 26.2 Å². The van der Waals surface area contributed by atoms with Gasteiger partial charge in [-0.3, -0.25) is 4.90 Å². The van der Waals surface area contributed by atoms with E-state index in [0.717, 1.165) is 36.2 Å². The minimum Gasteiger partial charge on any atom is -0.506 e. The van der Waals surface area contributed by atoms with E-state index in [1.54, 1.807) is 0 Å². The second-order valence-corrected chi connectivity index (χ2v) is 7.08. The van der Waals surface area contributed by atoms with Gasteiger partial charge in [-0.2, -0.15) is 5.26 Å². The van der Waals surface area contributed by atoms with Crippen molar-refractivity contribution in [1.29, 1.82) is 5.26 Å². The zero-order valence-corrected chi connectivity index (χ0v) is 17.9. The molecule has 0 bridgehead atoms. The molecule has 2 N–H and O–H groups in total. The van der Waals surface area contributed by atoms with E-state index in [9.17, 15) is 5.11 Å². The summed E-state index contributed by atoms with van der Waals surface area (Å²) >= 11 is 10.3. The first-order chi connectivity index (χ1) is 9.56. The number of phenolic OH excluding ortho intramolecular Hbond substituents is 1. The van der Waals surface area contributed by atoms with Gasteiger partial charge in [-0.1, -0.05) is 15.9 Å². The van der Waals surface area contributed by atoms with E-state index in [4.69, 9.17) is 5.26 Å². The van der Waals surface area contributed by atoms with Gasteiger partial charge in [-0.25, -0.2) is 0 Å². The van der Waals surface area contributed by atoms with Gasteiger partial charge in [-0.15, -0.1) is 24.8 Å². The fourth-order valence-electron chi connectivity index (χ4n) is 2.39. The van der Waals surface area contributed by atoms with Crippen LogP contribution in [0, 0.1) is 11.3 Å². The third kappa shape index (κ3) is 4.97. The lowest BCUT2D eigenvalue weighted by molar-refractivity contribution is 0.174. The molecule has 0 saturated carbocycles. The van der Waals surface area contributed by atoms with Crippen LogP contribution < -0.4 is 5.32 Å². The van der Waals surface area contributed by atoms with Crippen molar-refractivity contribution in [3.63, 3.8) is 0 Å². The predicted molar refractivity (Wildman–Crippen MR) is 103 cm³/mol. The van der Waals surface area contributed by atoms with E-state index < -0.39 is 0 Å². The van der Waals surface area contributed by atoms with Crippen LogP contribution in [0.3, 0.4) is 0 Å². The fraction of sp³-hybridized carbons (Fsp3) is 0.462. The quantitative estimate of drug-likeness (QED) is 0.597. The first-order valence-electron chi connectivity index (χ1n) is 6.24. The Balaban J connectivity index is 0.00000220. The Morgan fingerprint density at radius 2 is 1.82 bits per heavy atom. The minimum absolute atomic E-state index is 0. The predicted octanol–water partition coefficient (Wildman–Crippen LogP) is 4.38. The molecule has 1 aliphatic rings. The Bertz CT molecular complexity index is 548. The van der Waals surface area contributed by atoms with Crippen LogP contribution in [0.1, 0.15) is 18.0 Å². The Labute approximate surface area is 167 Å². The van der Waals surface area contributed by atoms with E-state index in [-0.39, 0.29) is 36.6 Å². The molecule has 1 saturated heterocycles. The van der Waals surface area contributed by atoms with Gasteiger partial charge in [0.1, 0.15) is 5.75 Å². The lowest BCUT2D eigenvalue weighted by atomic mass is 10.0. The number of rotatable bonds is 3. The van der Waals surface area contributed by atoms with Crippen molar-refractivity contribution < 1.29 is 5.11 Å². The van der Waals surface area contributed by atoms with Crippen molar-refractivity contribution in [3.8, 4) is 11.8 Å². The second-order valence-electron chi connectivity index (χ2n) is 4.58. The van der Waals surface area contributed by atoms with Gasteiger partial charge in [0.25, 0.3) is 0 Å². The van der Waals surface area contributed by atoms with E-state index >= 15 is 0 Å². The molecule has 0 radical (unpaired) electrons. The van der Waals surface area contributed by atoms with Crippen molar-refractivity contribution in [3.05, 3.63) is 25.0 Å². The summed E-state index contributed by atoms with van der Waals surface area (Å²) in [6.07, 6.45) is 0.387. The van der Waals surface area contributed by atoms with E-state index in [1.165, 1.54) is 0 Å². The number of nitrogens with one attached hydrogen (secondary N) is 1. The zero-order valence-electron chi connectivity index (χ0n) is 11.5. The molecule has 0 spiro atoms. The number of phenols is 1. The highest BCUT2D eigenvalue weighted by Gasteiger charge is 2.27. The Hall–Kier alpha value is 0.450.